The summed E-state index contributed by atoms with van der Waals surface area (Å²) in [6.45, 7) is 1.82. The van der Waals surface area contributed by atoms with Crippen molar-refractivity contribution in [1.29, 1.82) is 0 Å². The minimum absolute atomic E-state index is 0.0769. The molecule has 5 nitrogen and oxygen atoms in total. The number of hydrogen-bond donors (Lipinski definition) is 1. The van der Waals surface area contributed by atoms with Gasteiger partial charge in [-0.15, -0.1) is 0 Å². The molecule has 0 heterocycles. The molecule has 0 saturated heterocycles. The van der Waals surface area contributed by atoms with Crippen molar-refractivity contribution in [3.8, 4) is 0 Å². The molecule has 0 aliphatic rings. The molecule has 0 radical (unpaired) electrons. The third kappa shape index (κ3) is 4.18. The Morgan fingerprint density at radius 3 is 2.38 bits per heavy atom. The van der Waals surface area contributed by atoms with Crippen LogP contribution in [0.25, 0.3) is 0 Å². The van der Waals surface area contributed by atoms with Gasteiger partial charge in [-0.2, -0.15) is 0 Å². The molecule has 0 spiro atoms. The molecule has 88 valence electrons. The number of benzene rings is 1. The van der Waals surface area contributed by atoms with Gasteiger partial charge >= 0.3 is 0 Å². The summed E-state index contributed by atoms with van der Waals surface area (Å²) in [6.07, 6.45) is 1.24. The lowest BCUT2D eigenvalue weighted by Gasteiger charge is -1.99. The third-order valence-corrected chi connectivity index (χ3v) is 1.82. The Bertz CT molecular complexity index is 364. The van der Waals surface area contributed by atoms with Crippen LogP contribution in [0, 0.1) is 10.1 Å². The minimum atomic E-state index is -0.437. The first-order chi connectivity index (χ1) is 7.60. The van der Waals surface area contributed by atoms with Gasteiger partial charge in [-0.1, -0.05) is 6.92 Å². The first kappa shape index (κ1) is 14.2. The van der Waals surface area contributed by atoms with Crippen LogP contribution in [-0.2, 0) is 6.42 Å². The van der Waals surface area contributed by atoms with E-state index in [0.717, 1.165) is 0 Å². The summed E-state index contributed by atoms with van der Waals surface area (Å²) in [5, 5.41) is 13.2. The second-order valence-corrected chi connectivity index (χ2v) is 3.12. The van der Waals surface area contributed by atoms with Crippen LogP contribution in [0.2, 0.25) is 0 Å². The molecule has 0 unspecified atom stereocenters. The van der Waals surface area contributed by atoms with Crippen LogP contribution in [0.5, 0.6) is 0 Å². The number of carbonyl (C=O) groups excluding carboxylic acids is 1. The zero-order valence-corrected chi connectivity index (χ0v) is 9.69. The maximum absolute atomic E-state index is 10.5. The second kappa shape index (κ2) is 7.53. The van der Waals surface area contributed by atoms with E-state index in [4.69, 9.17) is 0 Å². The Kier molecular flexibility index (Phi) is 6.71. The number of nitrogens with one attached hydrogen (secondary N) is 1. The number of nitro groups is 1. The number of hydrogen-bond acceptors (Lipinski definition) is 4. The predicted molar refractivity (Wildman–Crippen MR) is 62.8 cm³/mol. The molecule has 0 fully saturated rings. The molecule has 0 saturated carbocycles. The van der Waals surface area contributed by atoms with E-state index in [2.05, 4.69) is 5.32 Å². The van der Waals surface area contributed by atoms with Crippen molar-refractivity contribution in [2.75, 3.05) is 14.1 Å². The van der Waals surface area contributed by atoms with Gasteiger partial charge in [0.2, 0.25) is 0 Å². The Labute approximate surface area is 94.6 Å². The maximum Gasteiger partial charge on any atom is 0.272 e. The highest BCUT2D eigenvalue weighted by molar-refractivity contribution is 5.76. The SMILES string of the molecule is CCc1cc(C=O)ccc1[N+](=O)[O-].CNC. The van der Waals surface area contributed by atoms with Crippen molar-refractivity contribution in [3.05, 3.63) is 39.4 Å². The molecule has 1 aromatic rings. The molecule has 1 rings (SSSR count). The summed E-state index contributed by atoms with van der Waals surface area (Å²) in [5.41, 5.74) is 1.14. The Hall–Kier alpha value is -1.75. The van der Waals surface area contributed by atoms with Crippen LogP contribution < -0.4 is 5.32 Å². The first-order valence-corrected chi connectivity index (χ1v) is 4.91. The molecular weight excluding hydrogens is 208 g/mol. The Morgan fingerprint density at radius 1 is 1.44 bits per heavy atom. The van der Waals surface area contributed by atoms with E-state index in [9.17, 15) is 14.9 Å². The van der Waals surface area contributed by atoms with Crippen LogP contribution in [0.15, 0.2) is 18.2 Å². The molecule has 0 bridgehead atoms. The maximum atomic E-state index is 10.5. The van der Waals surface area contributed by atoms with E-state index in [0.29, 0.717) is 23.8 Å². The summed E-state index contributed by atoms with van der Waals surface area (Å²) >= 11 is 0. The van der Waals surface area contributed by atoms with Gasteiger partial charge in [0, 0.05) is 17.2 Å². The van der Waals surface area contributed by atoms with E-state index < -0.39 is 4.92 Å². The Balaban J connectivity index is 0.000000673. The van der Waals surface area contributed by atoms with Crippen molar-refractivity contribution in [1.82, 2.24) is 5.32 Å². The van der Waals surface area contributed by atoms with Crippen LogP contribution in [0.3, 0.4) is 0 Å². The average Bonchev–Trinajstić information content (AvgIpc) is 2.29. The predicted octanol–water partition coefficient (Wildman–Crippen LogP) is 1.81. The average molecular weight is 224 g/mol. The molecule has 0 aliphatic carbocycles. The first-order valence-electron chi connectivity index (χ1n) is 4.91. The van der Waals surface area contributed by atoms with E-state index in [-0.39, 0.29) is 5.69 Å². The van der Waals surface area contributed by atoms with Crippen LogP contribution in [-0.4, -0.2) is 25.3 Å². The van der Waals surface area contributed by atoms with Gasteiger partial charge in [-0.3, -0.25) is 14.9 Å². The van der Waals surface area contributed by atoms with Crippen LogP contribution in [0.1, 0.15) is 22.8 Å². The molecule has 16 heavy (non-hydrogen) atoms. The number of aldehydes is 1. The molecule has 1 N–H and O–H groups in total. The van der Waals surface area contributed by atoms with Gasteiger partial charge in [0.25, 0.3) is 5.69 Å². The van der Waals surface area contributed by atoms with Gasteiger partial charge in [0.15, 0.2) is 0 Å². The molecular formula is C11H16N2O3. The number of rotatable bonds is 3. The highest BCUT2D eigenvalue weighted by Crippen LogP contribution is 2.19. The summed E-state index contributed by atoms with van der Waals surface area (Å²) in [5.74, 6) is 0. The molecule has 1 aromatic carbocycles. The normalized spacial score (nSPS) is 8.94. The zero-order chi connectivity index (χ0) is 12.6. The van der Waals surface area contributed by atoms with Crippen LogP contribution in [0.4, 0.5) is 5.69 Å². The standard InChI is InChI=1S/C9H9NO3.C2H7N/c1-2-8-5-7(6-11)3-4-9(8)10(12)13;1-3-2/h3-6H,2H2,1H3;3H,1-2H3. The zero-order valence-electron chi connectivity index (χ0n) is 9.69. The fourth-order valence-electron chi connectivity index (χ4n) is 1.14. The Morgan fingerprint density at radius 2 is 2.00 bits per heavy atom. The van der Waals surface area contributed by atoms with E-state index in [1.54, 1.807) is 6.07 Å². The number of aryl methyl sites for hydroxylation is 1. The largest absolute Gasteiger partial charge is 0.323 e. The van der Waals surface area contributed by atoms with E-state index in [1.165, 1.54) is 12.1 Å². The van der Waals surface area contributed by atoms with E-state index in [1.807, 2.05) is 21.0 Å². The molecule has 0 aromatic heterocycles. The third-order valence-electron chi connectivity index (χ3n) is 1.82. The fraction of sp³-hybridized carbons (Fsp3) is 0.364. The lowest BCUT2D eigenvalue weighted by molar-refractivity contribution is -0.385. The summed E-state index contributed by atoms with van der Waals surface area (Å²) in [6, 6.07) is 4.36. The van der Waals surface area contributed by atoms with Gasteiger partial charge in [-0.05, 0) is 32.6 Å². The summed E-state index contributed by atoms with van der Waals surface area (Å²) in [7, 11) is 3.75. The van der Waals surface area contributed by atoms with Crippen molar-refractivity contribution in [2.24, 2.45) is 0 Å². The van der Waals surface area contributed by atoms with Crippen molar-refractivity contribution in [3.63, 3.8) is 0 Å². The van der Waals surface area contributed by atoms with Gasteiger partial charge in [0.05, 0.1) is 4.92 Å². The quantitative estimate of drug-likeness (QED) is 0.482. The minimum Gasteiger partial charge on any atom is -0.323 e. The fourth-order valence-corrected chi connectivity index (χ4v) is 1.14. The lowest BCUT2D eigenvalue weighted by Crippen LogP contribution is -1.95. The lowest BCUT2D eigenvalue weighted by atomic mass is 10.1. The summed E-state index contributed by atoms with van der Waals surface area (Å²) in [4.78, 5) is 20.4. The number of nitrogens with zero attached hydrogens (tertiary/aromatic N) is 1. The van der Waals surface area contributed by atoms with Gasteiger partial charge in [0.1, 0.15) is 6.29 Å². The molecule has 0 aliphatic heterocycles. The van der Waals surface area contributed by atoms with Crippen LogP contribution >= 0.6 is 0 Å². The monoisotopic (exact) mass is 224 g/mol. The second-order valence-electron chi connectivity index (χ2n) is 3.12. The summed E-state index contributed by atoms with van der Waals surface area (Å²) < 4.78 is 0. The number of nitro benzene ring substituents is 1. The number of carbonyl (C=O) groups is 1. The van der Waals surface area contributed by atoms with Gasteiger partial charge < -0.3 is 5.32 Å². The topological polar surface area (TPSA) is 72.2 Å². The molecule has 0 amide bonds. The molecule has 5 heteroatoms. The van der Waals surface area contributed by atoms with Gasteiger partial charge in [-0.25, -0.2) is 0 Å². The smallest absolute Gasteiger partial charge is 0.272 e. The van der Waals surface area contributed by atoms with E-state index >= 15 is 0 Å². The molecule has 0 atom stereocenters. The highest BCUT2D eigenvalue weighted by Gasteiger charge is 2.11. The van der Waals surface area contributed by atoms with Crippen molar-refractivity contribution >= 4 is 12.0 Å². The highest BCUT2D eigenvalue weighted by atomic mass is 16.6. The van der Waals surface area contributed by atoms with Crippen molar-refractivity contribution < 1.29 is 9.72 Å². The van der Waals surface area contributed by atoms with Crippen molar-refractivity contribution in [2.45, 2.75) is 13.3 Å².